The number of halogens is 1. The molecule has 0 radical (unpaired) electrons. The van der Waals surface area contributed by atoms with Gasteiger partial charge in [0.15, 0.2) is 0 Å². The van der Waals surface area contributed by atoms with Gasteiger partial charge in [-0.3, -0.25) is 14.1 Å². The van der Waals surface area contributed by atoms with E-state index >= 15 is 0 Å². The fourth-order valence-electron chi connectivity index (χ4n) is 2.11. The number of rotatable bonds is 1. The molecule has 0 saturated carbocycles. The van der Waals surface area contributed by atoms with Gasteiger partial charge in [-0.2, -0.15) is 0 Å². The molecule has 5 heteroatoms. The van der Waals surface area contributed by atoms with E-state index in [4.69, 9.17) is 0 Å². The molecule has 0 unspecified atom stereocenters. The average Bonchev–Trinajstić information content (AvgIpc) is 2.37. The van der Waals surface area contributed by atoms with Crippen LogP contribution in [0.25, 0.3) is 17.1 Å². The Morgan fingerprint density at radius 2 is 2.11 bits per heavy atom. The molecule has 0 aliphatic heterocycles. The van der Waals surface area contributed by atoms with Crippen LogP contribution in [0, 0.1) is 6.92 Å². The number of nitrogens with zero attached hydrogens (tertiary/aromatic N) is 3. The maximum atomic E-state index is 12.3. The second-order valence-electron chi connectivity index (χ2n) is 4.00. The number of aryl methyl sites for hydroxylation is 2. The van der Waals surface area contributed by atoms with Crippen LogP contribution in [0.1, 0.15) is 5.56 Å². The Bertz CT molecular complexity index is 753. The van der Waals surface area contributed by atoms with Gasteiger partial charge in [-0.1, -0.05) is 34.7 Å². The third-order valence-electron chi connectivity index (χ3n) is 2.97. The molecule has 0 N–H and O–H groups in total. The third kappa shape index (κ3) is 1.92. The van der Waals surface area contributed by atoms with Gasteiger partial charge in [0.1, 0.15) is 5.49 Å². The normalized spacial score (nSPS) is 12.8. The van der Waals surface area contributed by atoms with Gasteiger partial charge in [-0.05, 0) is 22.6 Å². The van der Waals surface area contributed by atoms with Crippen molar-refractivity contribution < 1.29 is 0 Å². The van der Waals surface area contributed by atoms with E-state index in [1.165, 1.54) is 0 Å². The van der Waals surface area contributed by atoms with Crippen molar-refractivity contribution in [1.29, 1.82) is 0 Å². The Balaban J connectivity index is 3.19. The molecular formula is C13H14IN3O. The van der Waals surface area contributed by atoms with Crippen molar-refractivity contribution in [3.05, 3.63) is 43.8 Å². The molecule has 0 aliphatic carbocycles. The van der Waals surface area contributed by atoms with E-state index in [2.05, 4.69) is 27.6 Å². The van der Waals surface area contributed by atoms with E-state index in [9.17, 15) is 4.79 Å². The van der Waals surface area contributed by atoms with Crippen LogP contribution in [0.2, 0.25) is 0 Å². The van der Waals surface area contributed by atoms with E-state index in [1.807, 2.05) is 25.1 Å². The van der Waals surface area contributed by atoms with Gasteiger partial charge in [0.05, 0.1) is 5.52 Å². The molecule has 2 rings (SSSR count). The second-order valence-corrected chi connectivity index (χ2v) is 4.72. The van der Waals surface area contributed by atoms with Crippen LogP contribution in [0.3, 0.4) is 0 Å². The summed E-state index contributed by atoms with van der Waals surface area (Å²) in [5.41, 5.74) is 2.61. The fraction of sp³-hybridized carbons (Fsp3) is 0.231. The summed E-state index contributed by atoms with van der Waals surface area (Å²) < 4.78 is 5.02. The molecule has 1 aromatic carbocycles. The highest BCUT2D eigenvalue weighted by atomic mass is 127. The van der Waals surface area contributed by atoms with Crippen LogP contribution in [0.15, 0.2) is 32.1 Å². The Morgan fingerprint density at radius 1 is 1.39 bits per heavy atom. The minimum absolute atomic E-state index is 0.0957. The standard InChI is InChI=1S/C13H14IN3O/c1-9-5-4-6-10-11(9)12(15-2)17(8-7-14)13(18)16(10)3/h4-8H,1-3H3/b8-7-,15-12+. The number of hydrogen-bond donors (Lipinski definition) is 0. The van der Waals surface area contributed by atoms with E-state index < -0.39 is 0 Å². The molecule has 2 aromatic rings. The van der Waals surface area contributed by atoms with Gasteiger partial charge in [0.25, 0.3) is 0 Å². The highest BCUT2D eigenvalue weighted by Gasteiger charge is 2.08. The molecule has 0 bridgehead atoms. The number of fused-ring (bicyclic) bond motifs is 1. The molecule has 0 aliphatic rings. The van der Waals surface area contributed by atoms with Crippen LogP contribution < -0.4 is 11.2 Å². The zero-order chi connectivity index (χ0) is 13.3. The Labute approximate surface area is 118 Å². The lowest BCUT2D eigenvalue weighted by atomic mass is 10.1. The summed E-state index contributed by atoms with van der Waals surface area (Å²) in [6, 6.07) is 5.92. The average molecular weight is 355 g/mol. The number of aromatic nitrogens is 2. The minimum Gasteiger partial charge on any atom is -0.296 e. The highest BCUT2D eigenvalue weighted by Crippen LogP contribution is 2.12. The highest BCUT2D eigenvalue weighted by molar-refractivity contribution is 14.1. The molecule has 1 heterocycles. The van der Waals surface area contributed by atoms with Crippen LogP contribution in [0.4, 0.5) is 0 Å². The van der Waals surface area contributed by atoms with E-state index in [-0.39, 0.29) is 5.69 Å². The molecule has 94 valence electrons. The maximum Gasteiger partial charge on any atom is 0.334 e. The Hall–Kier alpha value is -1.37. The summed E-state index contributed by atoms with van der Waals surface area (Å²) >= 11 is 2.09. The first-order chi connectivity index (χ1) is 8.61. The first-order valence-corrected chi connectivity index (χ1v) is 6.77. The smallest absolute Gasteiger partial charge is 0.296 e. The zero-order valence-electron chi connectivity index (χ0n) is 10.5. The van der Waals surface area contributed by atoms with Gasteiger partial charge < -0.3 is 0 Å². The molecule has 18 heavy (non-hydrogen) atoms. The molecule has 0 atom stereocenters. The molecule has 0 amide bonds. The van der Waals surface area contributed by atoms with Gasteiger partial charge in [0, 0.05) is 25.7 Å². The predicted octanol–water partition coefficient (Wildman–Crippen LogP) is 2.04. The number of hydrogen-bond acceptors (Lipinski definition) is 2. The molecule has 0 fully saturated rings. The van der Waals surface area contributed by atoms with Crippen molar-refractivity contribution in [1.82, 2.24) is 9.13 Å². The Morgan fingerprint density at radius 3 is 2.72 bits per heavy atom. The van der Waals surface area contributed by atoms with Crippen LogP contribution in [-0.4, -0.2) is 16.2 Å². The van der Waals surface area contributed by atoms with Gasteiger partial charge >= 0.3 is 5.69 Å². The van der Waals surface area contributed by atoms with Crippen LogP contribution >= 0.6 is 22.6 Å². The minimum atomic E-state index is -0.0957. The SMILES string of the molecule is C/N=c1\c2c(C)cccc2n(C)c(=O)n1/C=C\I. The van der Waals surface area contributed by atoms with Crippen LogP contribution in [0.5, 0.6) is 0 Å². The quantitative estimate of drug-likeness (QED) is 0.722. The topological polar surface area (TPSA) is 39.3 Å². The summed E-state index contributed by atoms with van der Waals surface area (Å²) in [5.74, 6) is 0. The van der Waals surface area contributed by atoms with E-state index in [0.717, 1.165) is 16.5 Å². The summed E-state index contributed by atoms with van der Waals surface area (Å²) in [7, 11) is 3.49. The second kappa shape index (κ2) is 5.09. The third-order valence-corrected chi connectivity index (χ3v) is 3.30. The van der Waals surface area contributed by atoms with Crippen molar-refractivity contribution in [3.8, 4) is 0 Å². The summed E-state index contributed by atoms with van der Waals surface area (Å²) in [4.78, 5) is 16.6. The maximum absolute atomic E-state index is 12.3. The largest absolute Gasteiger partial charge is 0.334 e. The predicted molar refractivity (Wildman–Crippen MR) is 82.8 cm³/mol. The number of benzene rings is 1. The molecular weight excluding hydrogens is 341 g/mol. The van der Waals surface area contributed by atoms with Crippen molar-refractivity contribution in [3.63, 3.8) is 0 Å². The molecule has 0 spiro atoms. The summed E-state index contributed by atoms with van der Waals surface area (Å²) in [6.45, 7) is 2.03. The molecule has 0 saturated heterocycles. The van der Waals surface area contributed by atoms with Crippen molar-refractivity contribution >= 4 is 39.7 Å². The van der Waals surface area contributed by atoms with Crippen molar-refractivity contribution in [2.24, 2.45) is 12.0 Å². The molecule has 4 nitrogen and oxygen atoms in total. The van der Waals surface area contributed by atoms with Crippen molar-refractivity contribution in [2.75, 3.05) is 7.05 Å². The fourth-order valence-corrected chi connectivity index (χ4v) is 2.43. The van der Waals surface area contributed by atoms with E-state index in [0.29, 0.717) is 5.49 Å². The lowest BCUT2D eigenvalue weighted by molar-refractivity contribution is 0.782. The van der Waals surface area contributed by atoms with Crippen molar-refractivity contribution in [2.45, 2.75) is 6.92 Å². The van der Waals surface area contributed by atoms with Gasteiger partial charge in [-0.25, -0.2) is 4.79 Å². The lowest BCUT2D eigenvalue weighted by Crippen LogP contribution is -2.37. The summed E-state index contributed by atoms with van der Waals surface area (Å²) in [6.07, 6.45) is 1.73. The monoisotopic (exact) mass is 355 g/mol. The van der Waals surface area contributed by atoms with E-state index in [1.54, 1.807) is 33.5 Å². The first kappa shape index (κ1) is 13.1. The lowest BCUT2D eigenvalue weighted by Gasteiger charge is -2.11. The van der Waals surface area contributed by atoms with Crippen LogP contribution in [-0.2, 0) is 7.05 Å². The summed E-state index contributed by atoms with van der Waals surface area (Å²) in [5, 5.41) is 1.01. The first-order valence-electron chi connectivity index (χ1n) is 5.52. The molecule has 1 aromatic heterocycles. The van der Waals surface area contributed by atoms with Gasteiger partial charge in [-0.15, -0.1) is 0 Å². The Kier molecular flexibility index (Phi) is 3.70. The van der Waals surface area contributed by atoms with Gasteiger partial charge in [0.2, 0.25) is 0 Å². The zero-order valence-corrected chi connectivity index (χ0v) is 12.7.